The summed E-state index contributed by atoms with van der Waals surface area (Å²) in [6, 6.07) is 5.97. The Kier molecular flexibility index (Phi) is 5.48. The molecule has 1 aromatic rings. The topological polar surface area (TPSA) is 44.8 Å². The Morgan fingerprint density at radius 1 is 1.14 bits per heavy atom. The zero-order chi connectivity index (χ0) is 15.2. The van der Waals surface area contributed by atoms with Gasteiger partial charge in [0.25, 0.3) is 0 Å². The van der Waals surface area contributed by atoms with Crippen molar-refractivity contribution in [2.24, 2.45) is 5.92 Å². The molecular formula is C17H24O4. The minimum atomic E-state index is -0.0438. The van der Waals surface area contributed by atoms with E-state index in [0.717, 1.165) is 37.2 Å². The van der Waals surface area contributed by atoms with Crippen molar-refractivity contribution in [2.45, 2.75) is 38.5 Å². The Hall–Kier alpha value is -1.71. The number of carbonyl (C=O) groups excluding carboxylic acids is 1. The van der Waals surface area contributed by atoms with E-state index in [4.69, 9.17) is 14.2 Å². The molecule has 1 saturated carbocycles. The number of rotatable bonds is 5. The van der Waals surface area contributed by atoms with Crippen LogP contribution in [0.25, 0.3) is 0 Å². The predicted molar refractivity (Wildman–Crippen MR) is 80.9 cm³/mol. The molecule has 2 rings (SSSR count). The molecule has 21 heavy (non-hydrogen) atoms. The van der Waals surface area contributed by atoms with Crippen molar-refractivity contribution >= 4 is 5.97 Å². The first-order chi connectivity index (χ1) is 10.2. The average Bonchev–Trinajstić information content (AvgIpc) is 2.54. The molecule has 116 valence electrons. The molecule has 0 atom stereocenters. The zero-order valence-corrected chi connectivity index (χ0v) is 13.1. The Morgan fingerprint density at radius 2 is 1.86 bits per heavy atom. The molecule has 0 spiro atoms. The molecule has 1 aromatic carbocycles. The molecule has 1 fully saturated rings. The predicted octanol–water partition coefficient (Wildman–Crippen LogP) is 3.54. The number of hydrogen-bond donors (Lipinski definition) is 0. The molecule has 0 bridgehead atoms. The normalized spacial score (nSPS) is 21.7. The Bertz CT molecular complexity index is 476. The van der Waals surface area contributed by atoms with Gasteiger partial charge in [0.1, 0.15) is 11.5 Å². The van der Waals surface area contributed by atoms with Crippen LogP contribution in [-0.4, -0.2) is 26.8 Å². The van der Waals surface area contributed by atoms with Crippen LogP contribution in [0.3, 0.4) is 0 Å². The minimum Gasteiger partial charge on any atom is -0.497 e. The summed E-state index contributed by atoms with van der Waals surface area (Å²) in [6.45, 7) is 2.32. The van der Waals surface area contributed by atoms with Crippen molar-refractivity contribution in [3.63, 3.8) is 0 Å². The van der Waals surface area contributed by atoms with Crippen LogP contribution >= 0.6 is 0 Å². The highest BCUT2D eigenvalue weighted by Gasteiger charge is 2.29. The van der Waals surface area contributed by atoms with Gasteiger partial charge in [-0.25, -0.2) is 0 Å². The highest BCUT2D eigenvalue weighted by atomic mass is 16.5. The number of carbonyl (C=O) groups is 1. The van der Waals surface area contributed by atoms with Crippen LogP contribution in [0.15, 0.2) is 18.2 Å². The van der Waals surface area contributed by atoms with Crippen molar-refractivity contribution < 1.29 is 19.0 Å². The lowest BCUT2D eigenvalue weighted by molar-refractivity contribution is -0.149. The summed E-state index contributed by atoms with van der Waals surface area (Å²) in [5.41, 5.74) is 1.21. The molecular weight excluding hydrogens is 268 g/mol. The summed E-state index contributed by atoms with van der Waals surface area (Å²) in [6.07, 6.45) is 3.76. The summed E-state index contributed by atoms with van der Waals surface area (Å²) in [5, 5.41) is 0. The van der Waals surface area contributed by atoms with Crippen LogP contribution in [0.2, 0.25) is 0 Å². The van der Waals surface area contributed by atoms with E-state index in [9.17, 15) is 4.79 Å². The van der Waals surface area contributed by atoms with Crippen molar-refractivity contribution in [3.05, 3.63) is 23.8 Å². The van der Waals surface area contributed by atoms with Crippen LogP contribution < -0.4 is 9.47 Å². The number of methoxy groups -OCH3 is 2. The van der Waals surface area contributed by atoms with E-state index in [-0.39, 0.29) is 11.9 Å². The second-order valence-corrected chi connectivity index (χ2v) is 5.41. The first-order valence-electron chi connectivity index (χ1n) is 7.58. The zero-order valence-electron chi connectivity index (χ0n) is 13.1. The van der Waals surface area contributed by atoms with Crippen molar-refractivity contribution in [1.82, 2.24) is 0 Å². The number of ether oxygens (including phenoxy) is 3. The van der Waals surface area contributed by atoms with Gasteiger partial charge >= 0.3 is 5.97 Å². The lowest BCUT2D eigenvalue weighted by Gasteiger charge is -2.28. The molecule has 0 amide bonds. The Balaban J connectivity index is 2.03. The van der Waals surface area contributed by atoms with Crippen LogP contribution in [0, 0.1) is 5.92 Å². The van der Waals surface area contributed by atoms with Gasteiger partial charge in [0.05, 0.1) is 26.7 Å². The maximum atomic E-state index is 11.8. The standard InChI is InChI=1S/C17H24O4/c1-4-21-17(18)13-7-5-12(6-8-13)15-10-9-14(19-2)11-16(15)20-3/h9-13H,4-8H2,1-3H3. The summed E-state index contributed by atoms with van der Waals surface area (Å²) in [7, 11) is 3.33. The fraction of sp³-hybridized carbons (Fsp3) is 0.588. The largest absolute Gasteiger partial charge is 0.497 e. The summed E-state index contributed by atoms with van der Waals surface area (Å²) >= 11 is 0. The molecule has 0 unspecified atom stereocenters. The van der Waals surface area contributed by atoms with Crippen LogP contribution in [-0.2, 0) is 9.53 Å². The maximum Gasteiger partial charge on any atom is 0.308 e. The third-order valence-electron chi connectivity index (χ3n) is 4.23. The molecule has 0 N–H and O–H groups in total. The van der Waals surface area contributed by atoms with Crippen molar-refractivity contribution in [3.8, 4) is 11.5 Å². The summed E-state index contributed by atoms with van der Waals surface area (Å²) in [4.78, 5) is 11.8. The van der Waals surface area contributed by atoms with Crippen LogP contribution in [0.1, 0.15) is 44.1 Å². The van der Waals surface area contributed by atoms with Gasteiger partial charge in [-0.2, -0.15) is 0 Å². The molecule has 0 heterocycles. The Labute approximate surface area is 126 Å². The number of benzene rings is 1. The molecule has 0 aromatic heterocycles. The van der Waals surface area contributed by atoms with E-state index >= 15 is 0 Å². The van der Waals surface area contributed by atoms with E-state index < -0.39 is 0 Å². The summed E-state index contributed by atoms with van der Waals surface area (Å²) < 4.78 is 15.8. The highest BCUT2D eigenvalue weighted by molar-refractivity contribution is 5.72. The fourth-order valence-electron chi connectivity index (χ4n) is 3.06. The van der Waals surface area contributed by atoms with E-state index in [0.29, 0.717) is 12.5 Å². The molecule has 0 radical (unpaired) electrons. The fourth-order valence-corrected chi connectivity index (χ4v) is 3.06. The second-order valence-electron chi connectivity index (χ2n) is 5.41. The van der Waals surface area contributed by atoms with Crippen LogP contribution in [0.5, 0.6) is 11.5 Å². The van der Waals surface area contributed by atoms with Crippen molar-refractivity contribution in [1.29, 1.82) is 0 Å². The molecule has 4 nitrogen and oxygen atoms in total. The smallest absolute Gasteiger partial charge is 0.308 e. The van der Waals surface area contributed by atoms with Gasteiger partial charge < -0.3 is 14.2 Å². The van der Waals surface area contributed by atoms with Gasteiger partial charge in [0.2, 0.25) is 0 Å². The minimum absolute atomic E-state index is 0.0438. The molecule has 1 aliphatic carbocycles. The van der Waals surface area contributed by atoms with E-state index in [1.54, 1.807) is 14.2 Å². The maximum absolute atomic E-state index is 11.8. The lowest BCUT2D eigenvalue weighted by atomic mass is 9.78. The highest BCUT2D eigenvalue weighted by Crippen LogP contribution is 2.40. The van der Waals surface area contributed by atoms with Crippen molar-refractivity contribution in [2.75, 3.05) is 20.8 Å². The average molecular weight is 292 g/mol. The van der Waals surface area contributed by atoms with Crippen LogP contribution in [0.4, 0.5) is 0 Å². The first kappa shape index (κ1) is 15.7. The second kappa shape index (κ2) is 7.34. The van der Waals surface area contributed by atoms with E-state index in [2.05, 4.69) is 6.07 Å². The van der Waals surface area contributed by atoms with Gasteiger partial charge in [0.15, 0.2) is 0 Å². The van der Waals surface area contributed by atoms with E-state index in [1.165, 1.54) is 5.56 Å². The number of esters is 1. The van der Waals surface area contributed by atoms with Gasteiger partial charge in [-0.1, -0.05) is 6.07 Å². The van der Waals surface area contributed by atoms with Gasteiger partial charge in [0, 0.05) is 6.07 Å². The van der Waals surface area contributed by atoms with Gasteiger partial charge in [-0.05, 0) is 50.2 Å². The first-order valence-corrected chi connectivity index (χ1v) is 7.58. The molecule has 0 saturated heterocycles. The van der Waals surface area contributed by atoms with Gasteiger partial charge in [-0.3, -0.25) is 4.79 Å². The summed E-state index contributed by atoms with van der Waals surface area (Å²) in [5.74, 6) is 2.13. The third-order valence-corrected chi connectivity index (χ3v) is 4.23. The monoisotopic (exact) mass is 292 g/mol. The molecule has 0 aliphatic heterocycles. The molecule has 1 aliphatic rings. The SMILES string of the molecule is CCOC(=O)C1CCC(c2ccc(OC)cc2OC)CC1. The lowest BCUT2D eigenvalue weighted by Crippen LogP contribution is -2.23. The number of hydrogen-bond acceptors (Lipinski definition) is 4. The van der Waals surface area contributed by atoms with Gasteiger partial charge in [-0.15, -0.1) is 0 Å². The Morgan fingerprint density at radius 3 is 2.43 bits per heavy atom. The quantitative estimate of drug-likeness (QED) is 0.779. The third kappa shape index (κ3) is 3.69. The van der Waals surface area contributed by atoms with E-state index in [1.807, 2.05) is 19.1 Å². The molecule has 4 heteroatoms.